The summed E-state index contributed by atoms with van der Waals surface area (Å²) in [6.07, 6.45) is 3.46. The number of nitrogens with zero attached hydrogens (tertiary/aromatic N) is 5. The third-order valence-electron chi connectivity index (χ3n) is 2.74. The summed E-state index contributed by atoms with van der Waals surface area (Å²) in [7, 11) is 0. The Balaban J connectivity index is 1.73. The second-order valence-electron chi connectivity index (χ2n) is 4.07. The van der Waals surface area contributed by atoms with Crippen molar-refractivity contribution in [3.05, 3.63) is 47.2 Å². The molecule has 0 aliphatic rings. The lowest BCUT2D eigenvalue weighted by Gasteiger charge is -2.13. The minimum Gasteiger partial charge on any atom is -0.378 e. The maximum Gasteiger partial charge on any atom is 0.143 e. The molecular formula is C12H12N6S. The molecule has 3 rings (SSSR count). The van der Waals surface area contributed by atoms with Crippen molar-refractivity contribution in [2.45, 2.75) is 13.0 Å². The van der Waals surface area contributed by atoms with E-state index in [9.17, 15) is 0 Å². The minimum atomic E-state index is 0.242. The first-order valence-electron chi connectivity index (χ1n) is 5.81. The molecule has 0 aliphatic carbocycles. The average Bonchev–Trinajstić information content (AvgIpc) is 3.13. The second-order valence-corrected chi connectivity index (χ2v) is 4.99. The summed E-state index contributed by atoms with van der Waals surface area (Å²) in [4.78, 5) is 5.30. The van der Waals surface area contributed by atoms with E-state index in [1.807, 2.05) is 36.0 Å². The molecule has 0 aliphatic heterocycles. The van der Waals surface area contributed by atoms with Crippen molar-refractivity contribution in [1.29, 1.82) is 0 Å². The van der Waals surface area contributed by atoms with Crippen molar-refractivity contribution in [3.63, 3.8) is 0 Å². The first-order chi connectivity index (χ1) is 9.33. The number of tetrazole rings is 1. The summed E-state index contributed by atoms with van der Waals surface area (Å²) in [6.45, 7) is 2.11. The zero-order valence-electron chi connectivity index (χ0n) is 10.3. The Morgan fingerprint density at radius 3 is 2.74 bits per heavy atom. The van der Waals surface area contributed by atoms with Gasteiger partial charge in [-0.1, -0.05) is 0 Å². The van der Waals surface area contributed by atoms with Gasteiger partial charge in [0.05, 0.1) is 17.2 Å². The van der Waals surface area contributed by atoms with Crippen LogP contribution in [0.2, 0.25) is 0 Å². The number of rotatable bonds is 4. The van der Waals surface area contributed by atoms with E-state index in [0.29, 0.717) is 0 Å². The summed E-state index contributed by atoms with van der Waals surface area (Å²) in [5.41, 5.74) is 3.83. The first kappa shape index (κ1) is 11.8. The fraction of sp³-hybridized carbons (Fsp3) is 0.167. The van der Waals surface area contributed by atoms with Gasteiger partial charge >= 0.3 is 0 Å². The van der Waals surface area contributed by atoms with Crippen molar-refractivity contribution in [3.8, 4) is 5.69 Å². The Morgan fingerprint density at radius 1 is 1.26 bits per heavy atom. The van der Waals surface area contributed by atoms with E-state index < -0.39 is 0 Å². The van der Waals surface area contributed by atoms with Crippen LogP contribution in [-0.2, 0) is 0 Å². The number of hydrogen-bond acceptors (Lipinski definition) is 6. The van der Waals surface area contributed by atoms with Crippen LogP contribution in [0.1, 0.15) is 17.8 Å². The summed E-state index contributed by atoms with van der Waals surface area (Å²) in [5.74, 6) is 0. The highest BCUT2D eigenvalue weighted by atomic mass is 32.1. The van der Waals surface area contributed by atoms with Crippen LogP contribution < -0.4 is 5.32 Å². The lowest BCUT2D eigenvalue weighted by atomic mass is 10.2. The molecule has 1 aromatic carbocycles. The second kappa shape index (κ2) is 5.15. The fourth-order valence-corrected chi connectivity index (χ4v) is 2.38. The number of anilines is 1. The molecular weight excluding hydrogens is 260 g/mol. The summed E-state index contributed by atoms with van der Waals surface area (Å²) in [6, 6.07) is 8.20. The van der Waals surface area contributed by atoms with Crippen LogP contribution in [0, 0.1) is 0 Å². The Kier molecular flexibility index (Phi) is 3.20. The van der Waals surface area contributed by atoms with Crippen molar-refractivity contribution in [2.75, 3.05) is 5.32 Å². The molecule has 0 saturated carbocycles. The van der Waals surface area contributed by atoms with Gasteiger partial charge in [0.1, 0.15) is 6.33 Å². The minimum absolute atomic E-state index is 0.242. The van der Waals surface area contributed by atoms with E-state index in [2.05, 4.69) is 32.7 Å². The van der Waals surface area contributed by atoms with Crippen molar-refractivity contribution >= 4 is 17.0 Å². The molecule has 6 nitrogen and oxygen atoms in total. The van der Waals surface area contributed by atoms with Crippen molar-refractivity contribution in [1.82, 2.24) is 25.2 Å². The summed E-state index contributed by atoms with van der Waals surface area (Å²) >= 11 is 1.65. The van der Waals surface area contributed by atoms with Gasteiger partial charge in [0, 0.05) is 16.8 Å². The van der Waals surface area contributed by atoms with Crippen LogP contribution in [0.15, 0.2) is 42.3 Å². The normalized spacial score (nSPS) is 12.3. The maximum atomic E-state index is 4.09. The molecule has 19 heavy (non-hydrogen) atoms. The van der Waals surface area contributed by atoms with E-state index in [4.69, 9.17) is 0 Å². The number of thiazole rings is 1. The van der Waals surface area contributed by atoms with Crippen molar-refractivity contribution < 1.29 is 0 Å². The van der Waals surface area contributed by atoms with Gasteiger partial charge in [-0.15, -0.1) is 16.4 Å². The molecule has 1 unspecified atom stereocenters. The third-order valence-corrected chi connectivity index (χ3v) is 3.70. The largest absolute Gasteiger partial charge is 0.378 e. The molecule has 3 aromatic rings. The van der Waals surface area contributed by atoms with E-state index >= 15 is 0 Å². The van der Waals surface area contributed by atoms with Gasteiger partial charge in [-0.2, -0.15) is 0 Å². The molecule has 96 valence electrons. The lowest BCUT2D eigenvalue weighted by Crippen LogP contribution is -2.05. The average molecular weight is 272 g/mol. The van der Waals surface area contributed by atoms with Gasteiger partial charge in [-0.05, 0) is 41.6 Å². The van der Waals surface area contributed by atoms with Gasteiger partial charge in [0.25, 0.3) is 0 Å². The Hall–Kier alpha value is -2.28. The molecule has 1 atom stereocenters. The smallest absolute Gasteiger partial charge is 0.143 e. The number of hydrogen-bond donors (Lipinski definition) is 1. The van der Waals surface area contributed by atoms with Gasteiger partial charge in [0.2, 0.25) is 0 Å². The summed E-state index contributed by atoms with van der Waals surface area (Å²) < 4.78 is 1.62. The third kappa shape index (κ3) is 2.60. The number of benzene rings is 1. The van der Waals surface area contributed by atoms with Gasteiger partial charge < -0.3 is 5.32 Å². The van der Waals surface area contributed by atoms with Crippen LogP contribution in [-0.4, -0.2) is 25.2 Å². The SMILES string of the molecule is CC(Nc1ccc(-n2cnnn2)cc1)c1cncs1. The predicted octanol–water partition coefficient (Wildman–Crippen LogP) is 2.29. The Labute approximate surface area is 114 Å². The quantitative estimate of drug-likeness (QED) is 0.789. The maximum absolute atomic E-state index is 4.09. The standard InChI is InChI=1S/C12H12N6S/c1-9(12-6-13-8-19-12)15-10-2-4-11(5-3-10)18-7-14-16-17-18/h2-9,15H,1H3. The fourth-order valence-electron chi connectivity index (χ4n) is 1.75. The molecule has 0 fully saturated rings. The zero-order valence-corrected chi connectivity index (χ0v) is 11.1. The molecule has 0 spiro atoms. The zero-order chi connectivity index (χ0) is 13.1. The van der Waals surface area contributed by atoms with E-state index in [1.54, 1.807) is 22.3 Å². The van der Waals surface area contributed by atoms with Gasteiger partial charge in [-0.25, -0.2) is 4.68 Å². The highest BCUT2D eigenvalue weighted by Gasteiger charge is 2.06. The van der Waals surface area contributed by atoms with E-state index in [0.717, 1.165) is 11.4 Å². The number of aromatic nitrogens is 5. The van der Waals surface area contributed by atoms with Crippen LogP contribution in [0.3, 0.4) is 0 Å². The molecule has 0 bridgehead atoms. The molecule has 0 amide bonds. The highest BCUT2D eigenvalue weighted by molar-refractivity contribution is 7.09. The molecule has 2 heterocycles. The van der Waals surface area contributed by atoms with Crippen molar-refractivity contribution in [2.24, 2.45) is 0 Å². The molecule has 1 N–H and O–H groups in total. The molecule has 0 saturated heterocycles. The Morgan fingerprint density at radius 2 is 2.11 bits per heavy atom. The van der Waals surface area contributed by atoms with Crippen LogP contribution in [0.5, 0.6) is 0 Å². The topological polar surface area (TPSA) is 68.5 Å². The highest BCUT2D eigenvalue weighted by Crippen LogP contribution is 2.22. The van der Waals surface area contributed by atoms with Gasteiger partial charge in [-0.3, -0.25) is 4.98 Å². The lowest BCUT2D eigenvalue weighted by molar-refractivity contribution is 0.789. The first-order valence-corrected chi connectivity index (χ1v) is 6.69. The predicted molar refractivity (Wildman–Crippen MR) is 73.3 cm³/mol. The van der Waals surface area contributed by atoms with Crippen LogP contribution in [0.25, 0.3) is 5.69 Å². The van der Waals surface area contributed by atoms with E-state index in [1.165, 1.54) is 4.88 Å². The summed E-state index contributed by atoms with van der Waals surface area (Å²) in [5, 5.41) is 14.5. The van der Waals surface area contributed by atoms with Crippen LogP contribution >= 0.6 is 11.3 Å². The Bertz CT molecular complexity index is 617. The van der Waals surface area contributed by atoms with Gasteiger partial charge in [0.15, 0.2) is 0 Å². The molecule has 7 heteroatoms. The monoisotopic (exact) mass is 272 g/mol. The number of nitrogens with one attached hydrogen (secondary N) is 1. The molecule has 0 radical (unpaired) electrons. The van der Waals surface area contributed by atoms with Crippen LogP contribution in [0.4, 0.5) is 5.69 Å². The van der Waals surface area contributed by atoms with E-state index in [-0.39, 0.29) is 6.04 Å². The molecule has 2 aromatic heterocycles.